The van der Waals surface area contributed by atoms with Crippen LogP contribution in [-0.2, 0) is 30.5 Å². The number of aromatic nitrogens is 3. The molecule has 6 aromatic rings. The van der Waals surface area contributed by atoms with E-state index in [2.05, 4.69) is 56.5 Å². The molecule has 3 aliphatic carbocycles. The summed E-state index contributed by atoms with van der Waals surface area (Å²) in [6.45, 7) is 13.5. The molecule has 0 spiro atoms. The molecule has 3 aromatic heterocycles. The third-order valence-electron chi connectivity index (χ3n) is 18.8. The van der Waals surface area contributed by atoms with Crippen molar-refractivity contribution in [1.82, 2.24) is 15.0 Å². The van der Waals surface area contributed by atoms with Crippen LogP contribution in [0.25, 0.3) is 0 Å². The lowest BCUT2D eigenvalue weighted by molar-refractivity contribution is -0.394. The number of non-ortho nitro benzene ring substituents is 6. The number of hydrogen-bond acceptors (Lipinski definition) is 21. The third-order valence-corrected chi connectivity index (χ3v) is 18.8. The molecule has 3 aromatic carbocycles. The third kappa shape index (κ3) is 18.1. The van der Waals surface area contributed by atoms with Gasteiger partial charge in [-0.3, -0.25) is 75.6 Å². The first-order chi connectivity index (χ1) is 44.1. The summed E-state index contributed by atoms with van der Waals surface area (Å²) < 4.78 is 16.8. The van der Waals surface area contributed by atoms with E-state index in [-0.39, 0.29) is 52.8 Å². The predicted octanol–water partition coefficient (Wildman–Crippen LogP) is 14.5. The van der Waals surface area contributed by atoms with Crippen LogP contribution in [0.5, 0.6) is 0 Å². The molecule has 492 valence electrons. The van der Waals surface area contributed by atoms with Crippen molar-refractivity contribution in [2.75, 3.05) is 19.8 Å². The molecule has 0 amide bonds. The van der Waals surface area contributed by atoms with E-state index in [1.165, 1.54) is 0 Å². The minimum atomic E-state index is -0.814. The molecule has 0 atom stereocenters. The Morgan fingerprint density at radius 3 is 0.710 bits per heavy atom. The largest absolute Gasteiger partial charge is 0.461 e. The van der Waals surface area contributed by atoms with E-state index in [0.717, 1.165) is 148 Å². The van der Waals surface area contributed by atoms with Gasteiger partial charge in [-0.05, 0) is 166 Å². The molecule has 0 bridgehead atoms. The van der Waals surface area contributed by atoms with Crippen LogP contribution >= 0.6 is 0 Å². The number of nitro benzene ring substituents is 6. The summed E-state index contributed by atoms with van der Waals surface area (Å²) in [5.41, 5.74) is -1.82. The first-order valence-electron chi connectivity index (χ1n) is 30.7. The maximum atomic E-state index is 12.7. The van der Waals surface area contributed by atoms with E-state index in [9.17, 15) is 75.1 Å². The fourth-order valence-electron chi connectivity index (χ4n) is 12.9. The van der Waals surface area contributed by atoms with Crippen LogP contribution in [0.4, 0.5) is 34.1 Å². The number of carbonyl (C=O) groups excluding carboxylic acids is 3. The zero-order valence-electron chi connectivity index (χ0n) is 52.6. The van der Waals surface area contributed by atoms with Gasteiger partial charge in [0.1, 0.15) is 19.8 Å². The SMILES string of the molecule is CC(C)C1CCC(COC(=O)c2cc([N+](=O)[O-])cc([N+](=O)[O-])c2)(c2ccncc2)CC1.CC(C)C1CCC(COC(=O)c2cc([N+](=O)[O-])cc([N+](=O)[O-])c2)(c2ccncc2)CC1.CC(C)C1CCC(COC(=O)c2cc([N+](=O)[O-])cc([N+](=O)[O-])c2)(c2ccncc2)CC1. The first kappa shape index (κ1) is 70.4. The van der Waals surface area contributed by atoms with E-state index in [0.29, 0.717) is 35.5 Å². The number of ether oxygens (including phenoxy) is 3. The Balaban J connectivity index is 0.000000198. The predicted molar refractivity (Wildman–Crippen MR) is 338 cm³/mol. The average Bonchev–Trinajstić information content (AvgIpc) is 0.858. The smallest absolute Gasteiger partial charge is 0.338 e. The normalized spacial score (nSPS) is 20.9. The molecule has 27 heteroatoms. The number of esters is 3. The van der Waals surface area contributed by atoms with Gasteiger partial charge in [-0.15, -0.1) is 0 Å². The number of hydrogen-bond donors (Lipinski definition) is 0. The average molecular weight is 1280 g/mol. The Hall–Kier alpha value is -10.1. The summed E-state index contributed by atoms with van der Waals surface area (Å²) in [5.74, 6) is 1.08. The minimum absolute atomic E-state index is 0.0944. The first-order valence-corrected chi connectivity index (χ1v) is 30.7. The number of pyridine rings is 3. The number of rotatable bonds is 21. The zero-order chi connectivity index (χ0) is 67.8. The molecule has 93 heavy (non-hydrogen) atoms. The Morgan fingerprint density at radius 1 is 0.366 bits per heavy atom. The number of nitrogens with zero attached hydrogens (tertiary/aromatic N) is 9. The van der Waals surface area contributed by atoms with Crippen molar-refractivity contribution in [3.8, 4) is 0 Å². The standard InChI is InChI=1S/3C22H25N3O6/c3*1-15(2)16-3-7-22(8-4-16,18-5-9-23-10-6-18)14-31-21(26)17-11-19(24(27)28)13-20(12-17)25(29)30/h3*5-6,9-13,15-16H,3-4,7-8,14H2,1-2H3. The lowest BCUT2D eigenvalue weighted by Gasteiger charge is -2.41. The van der Waals surface area contributed by atoms with E-state index in [4.69, 9.17) is 14.2 Å². The number of benzene rings is 3. The van der Waals surface area contributed by atoms with Crippen molar-refractivity contribution < 1.29 is 58.1 Å². The van der Waals surface area contributed by atoms with Crippen LogP contribution in [0.3, 0.4) is 0 Å². The summed E-state index contributed by atoms with van der Waals surface area (Å²) >= 11 is 0. The second-order valence-corrected chi connectivity index (χ2v) is 25.3. The van der Waals surface area contributed by atoms with Gasteiger partial charge in [-0.1, -0.05) is 41.5 Å². The van der Waals surface area contributed by atoms with Crippen molar-refractivity contribution in [2.24, 2.45) is 35.5 Å². The molecule has 3 saturated carbocycles. The van der Waals surface area contributed by atoms with Crippen LogP contribution < -0.4 is 0 Å². The van der Waals surface area contributed by atoms with Gasteiger partial charge in [-0.25, -0.2) is 14.4 Å². The summed E-state index contributed by atoms with van der Waals surface area (Å²) in [4.78, 5) is 112. The molecule has 27 nitrogen and oxygen atoms in total. The molecule has 0 aliphatic heterocycles. The number of nitro groups is 6. The Labute approximate surface area is 535 Å². The quantitative estimate of drug-likeness (QED) is 0.0279. The summed E-state index contributed by atoms with van der Waals surface area (Å²) in [6, 6.07) is 20.0. The minimum Gasteiger partial charge on any atom is -0.461 e. The monoisotopic (exact) mass is 1280 g/mol. The highest BCUT2D eigenvalue weighted by atomic mass is 16.6. The Kier molecular flexibility index (Phi) is 23.7. The van der Waals surface area contributed by atoms with Gasteiger partial charge in [0.2, 0.25) is 0 Å². The summed E-state index contributed by atoms with van der Waals surface area (Å²) in [7, 11) is 0. The maximum absolute atomic E-state index is 12.7. The maximum Gasteiger partial charge on any atom is 0.338 e. The molecule has 0 N–H and O–H groups in total. The van der Waals surface area contributed by atoms with Crippen LogP contribution in [0.1, 0.15) is 166 Å². The molecule has 0 radical (unpaired) electrons. The van der Waals surface area contributed by atoms with E-state index in [1.54, 1.807) is 37.2 Å². The van der Waals surface area contributed by atoms with Crippen molar-refractivity contribution in [3.05, 3.63) is 222 Å². The van der Waals surface area contributed by atoms with Gasteiger partial charge in [0.05, 0.1) is 64.4 Å². The van der Waals surface area contributed by atoms with Gasteiger partial charge in [0.25, 0.3) is 34.1 Å². The molecule has 3 fully saturated rings. The second kappa shape index (κ2) is 31.3. The number of carbonyl (C=O) groups is 3. The van der Waals surface area contributed by atoms with E-state index in [1.807, 2.05) is 36.4 Å². The van der Waals surface area contributed by atoms with Crippen LogP contribution in [-0.4, -0.2) is 82.2 Å². The van der Waals surface area contributed by atoms with Crippen LogP contribution in [0.2, 0.25) is 0 Å². The fourth-order valence-corrected chi connectivity index (χ4v) is 12.9. The van der Waals surface area contributed by atoms with Gasteiger partial charge < -0.3 is 14.2 Å². The van der Waals surface area contributed by atoms with Gasteiger partial charge in [0.15, 0.2) is 0 Å². The highest BCUT2D eigenvalue weighted by Crippen LogP contribution is 2.47. The molecule has 3 aliphatic rings. The molecule has 0 saturated heterocycles. The Bertz CT molecular complexity index is 3190. The van der Waals surface area contributed by atoms with Crippen molar-refractivity contribution >= 4 is 52.0 Å². The molecule has 0 unspecified atom stereocenters. The van der Waals surface area contributed by atoms with Crippen molar-refractivity contribution in [1.29, 1.82) is 0 Å². The lowest BCUT2D eigenvalue weighted by Crippen LogP contribution is -2.38. The van der Waals surface area contributed by atoms with E-state index >= 15 is 0 Å². The van der Waals surface area contributed by atoms with Gasteiger partial charge in [-0.2, -0.15) is 0 Å². The Morgan fingerprint density at radius 2 is 0.548 bits per heavy atom. The topological polar surface area (TPSA) is 376 Å². The van der Waals surface area contributed by atoms with Crippen molar-refractivity contribution in [2.45, 2.75) is 135 Å². The molecule has 9 rings (SSSR count). The van der Waals surface area contributed by atoms with Crippen LogP contribution in [0.15, 0.2) is 128 Å². The second-order valence-electron chi connectivity index (χ2n) is 25.3. The van der Waals surface area contributed by atoms with Gasteiger partial charge in [0, 0.05) is 89.8 Å². The summed E-state index contributed by atoms with van der Waals surface area (Å²) in [6.07, 6.45) is 21.2. The zero-order valence-corrected chi connectivity index (χ0v) is 52.6. The van der Waals surface area contributed by atoms with Crippen molar-refractivity contribution in [3.63, 3.8) is 0 Å². The molecule has 3 heterocycles. The lowest BCUT2D eigenvalue weighted by atomic mass is 9.65. The fraction of sp³-hybridized carbons (Fsp3) is 0.455. The molecular weight excluding hydrogens is 1210 g/mol. The van der Waals surface area contributed by atoms with E-state index < -0.39 is 81.6 Å². The highest BCUT2D eigenvalue weighted by Gasteiger charge is 2.42. The highest BCUT2D eigenvalue weighted by molar-refractivity contribution is 5.92. The summed E-state index contributed by atoms with van der Waals surface area (Å²) in [5, 5.41) is 66.6. The van der Waals surface area contributed by atoms with Gasteiger partial charge >= 0.3 is 17.9 Å². The van der Waals surface area contributed by atoms with Crippen LogP contribution in [0, 0.1) is 96.2 Å². The molecular formula is C66H75N9O18.